The number of fused-ring (bicyclic) bond motifs is 5. The average Bonchev–Trinajstić information content (AvgIpc) is 3.17. The maximum absolute atomic E-state index is 13.7. The molecule has 9 heteroatoms. The van der Waals surface area contributed by atoms with E-state index in [-0.39, 0.29) is 30.2 Å². The van der Waals surface area contributed by atoms with E-state index in [2.05, 4.69) is 5.32 Å². The Morgan fingerprint density at radius 2 is 1.81 bits per heavy atom. The molecule has 2 aliphatic rings. The van der Waals surface area contributed by atoms with Gasteiger partial charge in [-0.2, -0.15) is 0 Å². The van der Waals surface area contributed by atoms with Gasteiger partial charge in [0, 0.05) is 31.7 Å². The average molecular weight is 496 g/mol. The SMILES string of the molecule is COc1ccc2c(c1OC)C(=O)N1c3ccccc3C(=O)N(CCCC(=O)NCCCOC(C)C)[C@@H]21. The van der Waals surface area contributed by atoms with Gasteiger partial charge in [-0.25, -0.2) is 0 Å². The van der Waals surface area contributed by atoms with E-state index in [0.29, 0.717) is 60.0 Å². The van der Waals surface area contributed by atoms with Crippen LogP contribution in [0.2, 0.25) is 0 Å². The van der Waals surface area contributed by atoms with E-state index in [4.69, 9.17) is 14.2 Å². The highest BCUT2D eigenvalue weighted by Gasteiger charge is 2.49. The summed E-state index contributed by atoms with van der Waals surface area (Å²) in [4.78, 5) is 42.9. The summed E-state index contributed by atoms with van der Waals surface area (Å²) in [7, 11) is 3.01. The minimum absolute atomic E-state index is 0.0736. The second kappa shape index (κ2) is 11.0. The molecule has 2 heterocycles. The fourth-order valence-electron chi connectivity index (χ4n) is 4.77. The van der Waals surface area contributed by atoms with E-state index in [0.717, 1.165) is 6.42 Å². The summed E-state index contributed by atoms with van der Waals surface area (Å²) in [5, 5.41) is 2.90. The minimum atomic E-state index is -0.619. The Hall–Kier alpha value is -3.59. The highest BCUT2D eigenvalue weighted by Crippen LogP contribution is 2.49. The Morgan fingerprint density at radius 3 is 2.53 bits per heavy atom. The van der Waals surface area contributed by atoms with Gasteiger partial charge in [0.05, 0.1) is 37.1 Å². The first kappa shape index (κ1) is 25.5. The van der Waals surface area contributed by atoms with E-state index in [1.54, 1.807) is 40.1 Å². The number of nitrogens with zero attached hydrogens (tertiary/aromatic N) is 2. The van der Waals surface area contributed by atoms with Gasteiger partial charge in [-0.15, -0.1) is 0 Å². The molecule has 0 aromatic heterocycles. The highest BCUT2D eigenvalue weighted by atomic mass is 16.5. The zero-order valence-electron chi connectivity index (χ0n) is 21.2. The van der Waals surface area contributed by atoms with E-state index in [1.165, 1.54) is 14.2 Å². The number of para-hydroxylation sites is 1. The van der Waals surface area contributed by atoms with E-state index >= 15 is 0 Å². The van der Waals surface area contributed by atoms with Crippen LogP contribution in [0.25, 0.3) is 0 Å². The number of carbonyl (C=O) groups is 3. The van der Waals surface area contributed by atoms with Crippen molar-refractivity contribution >= 4 is 23.4 Å². The molecule has 9 nitrogen and oxygen atoms in total. The molecule has 0 spiro atoms. The third-order valence-corrected chi connectivity index (χ3v) is 6.38. The van der Waals surface area contributed by atoms with Crippen LogP contribution in [0.4, 0.5) is 5.69 Å². The fraction of sp³-hybridized carbons (Fsp3) is 0.444. The number of benzene rings is 2. The number of rotatable bonds is 11. The summed E-state index contributed by atoms with van der Waals surface area (Å²) in [5.41, 5.74) is 2.08. The Bertz CT molecular complexity index is 1150. The van der Waals surface area contributed by atoms with Gasteiger partial charge in [0.2, 0.25) is 5.91 Å². The van der Waals surface area contributed by atoms with Crippen molar-refractivity contribution in [3.63, 3.8) is 0 Å². The van der Waals surface area contributed by atoms with Crippen LogP contribution in [0.5, 0.6) is 11.5 Å². The van der Waals surface area contributed by atoms with Gasteiger partial charge in [-0.1, -0.05) is 18.2 Å². The first-order valence-corrected chi connectivity index (χ1v) is 12.3. The van der Waals surface area contributed by atoms with Gasteiger partial charge in [0.15, 0.2) is 11.5 Å². The number of hydrogen-bond acceptors (Lipinski definition) is 6. The Labute approximate surface area is 211 Å². The molecular weight excluding hydrogens is 462 g/mol. The molecule has 36 heavy (non-hydrogen) atoms. The molecule has 0 bridgehead atoms. The third-order valence-electron chi connectivity index (χ3n) is 6.38. The first-order valence-electron chi connectivity index (χ1n) is 12.3. The quantitative estimate of drug-likeness (QED) is 0.479. The number of nitrogens with one attached hydrogen (secondary N) is 1. The molecule has 2 aromatic carbocycles. The molecule has 4 rings (SSSR count). The number of carbonyl (C=O) groups excluding carboxylic acids is 3. The fourth-order valence-corrected chi connectivity index (χ4v) is 4.77. The molecule has 2 aromatic rings. The van der Waals surface area contributed by atoms with Crippen molar-refractivity contribution in [3.05, 3.63) is 53.1 Å². The predicted octanol–water partition coefficient (Wildman–Crippen LogP) is 3.53. The summed E-state index contributed by atoms with van der Waals surface area (Å²) in [6.45, 7) is 5.41. The molecule has 1 atom stereocenters. The van der Waals surface area contributed by atoms with Crippen molar-refractivity contribution in [3.8, 4) is 11.5 Å². The maximum atomic E-state index is 13.7. The molecular formula is C27H33N3O6. The topological polar surface area (TPSA) is 97.4 Å². The second-order valence-electron chi connectivity index (χ2n) is 9.06. The lowest BCUT2D eigenvalue weighted by Gasteiger charge is -2.41. The minimum Gasteiger partial charge on any atom is -0.493 e. The molecule has 0 radical (unpaired) electrons. The number of methoxy groups -OCH3 is 2. The summed E-state index contributed by atoms with van der Waals surface area (Å²) < 4.78 is 16.4. The lowest BCUT2D eigenvalue weighted by atomic mass is 10.0. The van der Waals surface area contributed by atoms with Gasteiger partial charge in [0.1, 0.15) is 6.17 Å². The van der Waals surface area contributed by atoms with Gasteiger partial charge in [-0.05, 0) is 44.9 Å². The number of amides is 3. The van der Waals surface area contributed by atoms with Crippen LogP contribution < -0.4 is 19.7 Å². The largest absolute Gasteiger partial charge is 0.493 e. The zero-order valence-corrected chi connectivity index (χ0v) is 21.2. The predicted molar refractivity (Wildman–Crippen MR) is 135 cm³/mol. The maximum Gasteiger partial charge on any atom is 0.264 e. The molecule has 3 amide bonds. The van der Waals surface area contributed by atoms with Crippen molar-refractivity contribution in [2.75, 3.05) is 38.8 Å². The molecule has 2 aliphatic heterocycles. The summed E-state index contributed by atoms with van der Waals surface area (Å²) in [5.74, 6) is 0.298. The Balaban J connectivity index is 1.53. The van der Waals surface area contributed by atoms with Gasteiger partial charge in [0.25, 0.3) is 11.8 Å². The lowest BCUT2D eigenvalue weighted by molar-refractivity contribution is -0.121. The number of ether oxygens (including phenoxy) is 3. The molecule has 0 saturated heterocycles. The van der Waals surface area contributed by atoms with Crippen molar-refractivity contribution in [2.45, 2.75) is 45.4 Å². The van der Waals surface area contributed by atoms with Crippen LogP contribution in [-0.4, -0.2) is 62.6 Å². The van der Waals surface area contributed by atoms with Crippen LogP contribution in [0.15, 0.2) is 36.4 Å². The van der Waals surface area contributed by atoms with Gasteiger partial charge < -0.3 is 24.4 Å². The molecule has 0 fully saturated rings. The monoisotopic (exact) mass is 495 g/mol. The third kappa shape index (κ3) is 4.75. The van der Waals surface area contributed by atoms with E-state index < -0.39 is 6.17 Å². The van der Waals surface area contributed by atoms with E-state index in [9.17, 15) is 14.4 Å². The molecule has 1 N–H and O–H groups in total. The van der Waals surface area contributed by atoms with E-state index in [1.807, 2.05) is 19.9 Å². The van der Waals surface area contributed by atoms with Crippen LogP contribution in [0, 0.1) is 0 Å². The van der Waals surface area contributed by atoms with Crippen LogP contribution in [0.3, 0.4) is 0 Å². The summed E-state index contributed by atoms with van der Waals surface area (Å²) in [6.07, 6.45) is 1.03. The van der Waals surface area contributed by atoms with Gasteiger partial charge in [-0.3, -0.25) is 19.3 Å². The smallest absolute Gasteiger partial charge is 0.264 e. The molecule has 0 aliphatic carbocycles. The normalized spacial score (nSPS) is 16.1. The van der Waals surface area contributed by atoms with Gasteiger partial charge >= 0.3 is 0 Å². The Morgan fingerprint density at radius 1 is 1.03 bits per heavy atom. The van der Waals surface area contributed by atoms with Crippen LogP contribution >= 0.6 is 0 Å². The molecule has 0 unspecified atom stereocenters. The Kier molecular flexibility index (Phi) is 7.79. The van der Waals surface area contributed by atoms with Crippen LogP contribution in [-0.2, 0) is 9.53 Å². The zero-order chi connectivity index (χ0) is 25.8. The summed E-state index contributed by atoms with van der Waals surface area (Å²) >= 11 is 0. The van der Waals surface area contributed by atoms with Crippen molar-refractivity contribution in [1.82, 2.24) is 10.2 Å². The second-order valence-corrected chi connectivity index (χ2v) is 9.06. The number of anilines is 1. The standard InChI is InChI=1S/C27H33N3O6/c1-17(2)36-16-8-14-28-22(31)11-7-15-29-25-19-12-13-21(34-3)24(35-4)23(19)27(33)30(25)20-10-6-5-9-18(20)26(29)32/h5-6,9-10,12-13,17,25H,7-8,11,14-16H2,1-4H3,(H,28,31)/t25-/m1/s1. The lowest BCUT2D eigenvalue weighted by Crippen LogP contribution is -2.48. The van der Waals surface area contributed by atoms with Crippen LogP contribution in [0.1, 0.15) is 65.6 Å². The first-order chi connectivity index (χ1) is 17.4. The molecule has 192 valence electrons. The highest BCUT2D eigenvalue weighted by molar-refractivity contribution is 6.18. The number of hydrogen-bond donors (Lipinski definition) is 1. The van der Waals surface area contributed by atoms with Crippen molar-refractivity contribution < 1.29 is 28.6 Å². The van der Waals surface area contributed by atoms with Crippen molar-refractivity contribution in [1.29, 1.82) is 0 Å². The molecule has 0 saturated carbocycles. The van der Waals surface area contributed by atoms with Crippen molar-refractivity contribution in [2.24, 2.45) is 0 Å². The summed E-state index contributed by atoms with van der Waals surface area (Å²) in [6, 6.07) is 10.6.